The molecule has 0 spiro atoms. The van der Waals surface area contributed by atoms with Crippen LogP contribution in [0, 0.1) is 10.1 Å². The first kappa shape index (κ1) is 7.50. The smallest absolute Gasteiger partial charge is 0.358 e. The normalized spacial score (nSPS) is 8.00. The summed E-state index contributed by atoms with van der Waals surface area (Å²) in [5, 5.41) is 18.2. The van der Waals surface area contributed by atoms with Gasteiger partial charge in [0.15, 0.2) is 0 Å². The Balaban J connectivity index is 0.000000640. The van der Waals surface area contributed by atoms with Crippen molar-refractivity contribution in [2.75, 3.05) is 0 Å². The number of rotatable bonds is 1. The Morgan fingerprint density at radius 1 is 1.78 bits per heavy atom. The molecule has 0 radical (unpaired) electrons. The lowest BCUT2D eigenvalue weighted by molar-refractivity contribution is -0.389. The Hall–Kier alpha value is -1.50. The SMILES string of the molecule is N.O=[N+]([O-])c1c[nH]nn1. The van der Waals surface area contributed by atoms with Crippen molar-refractivity contribution in [3.05, 3.63) is 16.3 Å². The molecule has 0 aliphatic heterocycles. The van der Waals surface area contributed by atoms with Crippen LogP contribution in [0.2, 0.25) is 0 Å². The number of nitro groups is 1. The number of nitrogens with zero attached hydrogens (tertiary/aromatic N) is 3. The first-order valence-corrected chi connectivity index (χ1v) is 1.81. The zero-order chi connectivity index (χ0) is 5.98. The summed E-state index contributed by atoms with van der Waals surface area (Å²) in [6, 6.07) is 0. The van der Waals surface area contributed by atoms with Crippen molar-refractivity contribution in [2.45, 2.75) is 0 Å². The molecule has 0 unspecified atom stereocenters. The monoisotopic (exact) mass is 131 g/mol. The molecule has 0 atom stereocenters. The van der Waals surface area contributed by atoms with E-state index in [1.807, 2.05) is 0 Å². The average molecular weight is 131 g/mol. The highest BCUT2D eigenvalue weighted by Crippen LogP contribution is 1.97. The molecule has 0 aromatic carbocycles. The Morgan fingerprint density at radius 2 is 2.44 bits per heavy atom. The van der Waals surface area contributed by atoms with Gasteiger partial charge in [0, 0.05) is 5.21 Å². The maximum Gasteiger partial charge on any atom is 0.410 e. The number of hydrogen-bond acceptors (Lipinski definition) is 5. The van der Waals surface area contributed by atoms with E-state index in [2.05, 4.69) is 15.4 Å². The molecule has 0 bridgehead atoms. The van der Waals surface area contributed by atoms with Crippen LogP contribution in [0.3, 0.4) is 0 Å². The Kier molecular flexibility index (Phi) is 2.27. The summed E-state index contributed by atoms with van der Waals surface area (Å²) in [4.78, 5) is 9.12. The molecule has 50 valence electrons. The molecule has 7 heteroatoms. The second-order valence-electron chi connectivity index (χ2n) is 1.09. The third-order valence-electron chi connectivity index (χ3n) is 0.591. The summed E-state index contributed by atoms with van der Waals surface area (Å²) < 4.78 is 0. The average Bonchev–Trinajstić information content (AvgIpc) is 2.12. The van der Waals surface area contributed by atoms with Crippen molar-refractivity contribution in [1.29, 1.82) is 0 Å². The van der Waals surface area contributed by atoms with E-state index < -0.39 is 4.92 Å². The van der Waals surface area contributed by atoms with Crippen molar-refractivity contribution in [1.82, 2.24) is 21.6 Å². The molecule has 0 saturated carbocycles. The predicted molar refractivity (Wildman–Crippen MR) is 28.1 cm³/mol. The van der Waals surface area contributed by atoms with E-state index in [0.717, 1.165) is 6.20 Å². The van der Waals surface area contributed by atoms with Crippen molar-refractivity contribution in [2.24, 2.45) is 0 Å². The molecular weight excluding hydrogens is 126 g/mol. The number of H-pyrrole nitrogens is 1. The number of nitrogens with one attached hydrogen (secondary N) is 1. The molecule has 1 aromatic rings. The van der Waals surface area contributed by atoms with E-state index in [-0.39, 0.29) is 12.0 Å². The number of aromatic nitrogens is 3. The second kappa shape index (κ2) is 2.72. The summed E-state index contributed by atoms with van der Waals surface area (Å²) in [6.07, 6.45) is 1.11. The molecule has 9 heavy (non-hydrogen) atoms. The van der Waals surface area contributed by atoms with Gasteiger partial charge in [0.2, 0.25) is 0 Å². The molecule has 7 nitrogen and oxygen atoms in total. The fourth-order valence-electron chi connectivity index (χ4n) is 0.285. The van der Waals surface area contributed by atoms with Crippen molar-refractivity contribution >= 4 is 5.82 Å². The van der Waals surface area contributed by atoms with E-state index in [1.54, 1.807) is 0 Å². The van der Waals surface area contributed by atoms with Gasteiger partial charge >= 0.3 is 5.82 Å². The lowest BCUT2D eigenvalue weighted by atomic mass is 10.8. The summed E-state index contributed by atoms with van der Waals surface area (Å²) in [7, 11) is 0. The summed E-state index contributed by atoms with van der Waals surface area (Å²) in [5.74, 6) is -0.259. The highest BCUT2D eigenvalue weighted by Gasteiger charge is 2.05. The van der Waals surface area contributed by atoms with Crippen LogP contribution in [0.15, 0.2) is 6.20 Å². The summed E-state index contributed by atoms with van der Waals surface area (Å²) >= 11 is 0. The summed E-state index contributed by atoms with van der Waals surface area (Å²) in [6.45, 7) is 0. The molecule has 0 fully saturated rings. The van der Waals surface area contributed by atoms with Crippen LogP contribution in [0.4, 0.5) is 5.82 Å². The van der Waals surface area contributed by atoms with E-state index in [0.29, 0.717) is 0 Å². The van der Waals surface area contributed by atoms with E-state index in [9.17, 15) is 10.1 Å². The van der Waals surface area contributed by atoms with Crippen molar-refractivity contribution in [3.8, 4) is 0 Å². The zero-order valence-corrected chi connectivity index (χ0v) is 4.44. The van der Waals surface area contributed by atoms with Gasteiger partial charge in [0.25, 0.3) is 0 Å². The number of aromatic amines is 1. The van der Waals surface area contributed by atoms with Gasteiger partial charge in [0.05, 0.1) is 0 Å². The van der Waals surface area contributed by atoms with Crippen LogP contribution in [0.25, 0.3) is 0 Å². The fraction of sp³-hybridized carbons (Fsp3) is 0. The zero-order valence-electron chi connectivity index (χ0n) is 4.44. The minimum atomic E-state index is -0.622. The standard InChI is InChI=1S/C2H2N4O2.H3N/c7-6(8)2-1-3-5-4-2;/h1H,(H,3,4,5);1H3. The lowest BCUT2D eigenvalue weighted by Gasteiger charge is -1.79. The minimum Gasteiger partial charge on any atom is -0.358 e. The quantitative estimate of drug-likeness (QED) is 0.406. The van der Waals surface area contributed by atoms with Crippen LogP contribution in [-0.4, -0.2) is 20.3 Å². The van der Waals surface area contributed by atoms with Gasteiger partial charge in [-0.2, -0.15) is 0 Å². The van der Waals surface area contributed by atoms with Gasteiger partial charge in [0.1, 0.15) is 11.3 Å². The first-order chi connectivity index (χ1) is 3.80. The van der Waals surface area contributed by atoms with E-state index in [4.69, 9.17) is 0 Å². The minimum absolute atomic E-state index is 0. The molecule has 4 N–H and O–H groups in total. The van der Waals surface area contributed by atoms with Gasteiger partial charge in [-0.25, -0.2) is 5.10 Å². The van der Waals surface area contributed by atoms with E-state index >= 15 is 0 Å². The maximum atomic E-state index is 9.75. The molecular formula is C2H5N5O2. The van der Waals surface area contributed by atoms with E-state index in [1.165, 1.54) is 0 Å². The van der Waals surface area contributed by atoms with Crippen LogP contribution in [0.1, 0.15) is 0 Å². The van der Waals surface area contributed by atoms with Gasteiger partial charge in [-0.1, -0.05) is 0 Å². The summed E-state index contributed by atoms with van der Waals surface area (Å²) in [5.41, 5.74) is 0. The Bertz CT molecular complexity index is 181. The molecule has 0 amide bonds. The Labute approximate surface area is 49.8 Å². The lowest BCUT2D eigenvalue weighted by Crippen LogP contribution is -1.86. The predicted octanol–water partition coefficient (Wildman–Crippen LogP) is -0.125. The van der Waals surface area contributed by atoms with Crippen LogP contribution < -0.4 is 6.15 Å². The number of hydrogen-bond donors (Lipinski definition) is 2. The molecule has 0 aliphatic rings. The third kappa shape index (κ3) is 1.46. The van der Waals surface area contributed by atoms with Crippen molar-refractivity contribution < 1.29 is 4.92 Å². The molecule has 1 rings (SSSR count). The fourth-order valence-corrected chi connectivity index (χ4v) is 0.285. The van der Waals surface area contributed by atoms with Gasteiger partial charge in [-0.3, -0.25) is 0 Å². The van der Waals surface area contributed by atoms with Crippen LogP contribution >= 0.6 is 0 Å². The van der Waals surface area contributed by atoms with Crippen LogP contribution in [0.5, 0.6) is 0 Å². The maximum absolute atomic E-state index is 9.75. The Morgan fingerprint density at radius 3 is 2.67 bits per heavy atom. The van der Waals surface area contributed by atoms with Crippen molar-refractivity contribution in [3.63, 3.8) is 0 Å². The van der Waals surface area contributed by atoms with Crippen LogP contribution in [-0.2, 0) is 0 Å². The second-order valence-corrected chi connectivity index (χ2v) is 1.09. The van der Waals surface area contributed by atoms with Gasteiger partial charge in [-0.15, -0.1) is 0 Å². The molecule has 0 aliphatic carbocycles. The highest BCUT2D eigenvalue weighted by molar-refractivity contribution is 5.06. The molecule has 1 aromatic heterocycles. The van der Waals surface area contributed by atoms with Gasteiger partial charge in [-0.05, 0) is 4.92 Å². The third-order valence-corrected chi connectivity index (χ3v) is 0.591. The molecule has 0 saturated heterocycles. The van der Waals surface area contributed by atoms with Gasteiger partial charge < -0.3 is 16.3 Å². The molecule has 1 heterocycles. The first-order valence-electron chi connectivity index (χ1n) is 1.81. The topological polar surface area (TPSA) is 120 Å². The highest BCUT2D eigenvalue weighted by atomic mass is 16.6. The largest absolute Gasteiger partial charge is 0.410 e.